The highest BCUT2D eigenvalue weighted by Crippen LogP contribution is 2.19. The van der Waals surface area contributed by atoms with E-state index >= 15 is 0 Å². The van der Waals surface area contributed by atoms with Gasteiger partial charge < -0.3 is 10.6 Å². The molecule has 1 rings (SSSR count). The average Bonchev–Trinajstić information content (AvgIpc) is 2.53. The summed E-state index contributed by atoms with van der Waals surface area (Å²) in [5.74, 6) is -0.518. The van der Waals surface area contributed by atoms with Gasteiger partial charge in [0.25, 0.3) is 0 Å². The third kappa shape index (κ3) is 6.35. The van der Waals surface area contributed by atoms with Gasteiger partial charge in [0.05, 0.1) is 11.4 Å². The first kappa shape index (κ1) is 20.9. The number of nitrogens with zero attached hydrogens (tertiary/aromatic N) is 1. The second-order valence-corrected chi connectivity index (χ2v) is 7.58. The van der Waals surface area contributed by atoms with Gasteiger partial charge in [-0.3, -0.25) is 10.1 Å². The van der Waals surface area contributed by atoms with Crippen LogP contribution in [-0.4, -0.2) is 50.3 Å². The van der Waals surface area contributed by atoms with Crippen LogP contribution in [0.15, 0.2) is 29.2 Å². The van der Waals surface area contributed by atoms with Crippen molar-refractivity contribution in [2.24, 2.45) is 0 Å². The molecule has 1 aromatic rings. The van der Waals surface area contributed by atoms with E-state index in [2.05, 4.69) is 16.0 Å². The van der Waals surface area contributed by atoms with Crippen LogP contribution in [0.1, 0.15) is 27.7 Å². The molecule has 0 aliphatic rings. The van der Waals surface area contributed by atoms with Gasteiger partial charge >= 0.3 is 6.03 Å². The van der Waals surface area contributed by atoms with Crippen molar-refractivity contribution in [2.45, 2.75) is 38.6 Å². The van der Waals surface area contributed by atoms with Crippen LogP contribution in [0.2, 0.25) is 0 Å². The molecule has 0 fully saturated rings. The number of imide groups is 1. The van der Waals surface area contributed by atoms with E-state index in [1.54, 1.807) is 39.8 Å². The fraction of sp³-hybridized carbons (Fsp3) is 0.500. The van der Waals surface area contributed by atoms with Gasteiger partial charge in [-0.2, -0.15) is 4.31 Å². The van der Waals surface area contributed by atoms with E-state index in [9.17, 15) is 18.0 Å². The summed E-state index contributed by atoms with van der Waals surface area (Å²) >= 11 is 0. The molecule has 9 heteroatoms. The van der Waals surface area contributed by atoms with Crippen molar-refractivity contribution in [1.82, 2.24) is 14.9 Å². The van der Waals surface area contributed by atoms with Crippen LogP contribution in [-0.2, 0) is 14.8 Å². The first-order valence-corrected chi connectivity index (χ1v) is 9.59. The molecule has 0 atom stereocenters. The number of rotatable bonds is 8. The quantitative estimate of drug-likeness (QED) is 0.640. The molecule has 0 saturated heterocycles. The van der Waals surface area contributed by atoms with Crippen LogP contribution >= 0.6 is 0 Å². The molecule has 0 radical (unpaired) electrons. The summed E-state index contributed by atoms with van der Waals surface area (Å²) in [5, 5.41) is 7.54. The largest absolute Gasteiger partial charge is 0.376 e. The molecule has 140 valence electrons. The fourth-order valence-electron chi connectivity index (χ4n) is 2.13. The lowest BCUT2D eigenvalue weighted by atomic mass is 10.3. The molecule has 0 saturated carbocycles. The predicted octanol–water partition coefficient (Wildman–Crippen LogP) is 1.36. The fourth-order valence-corrected chi connectivity index (χ4v) is 3.63. The van der Waals surface area contributed by atoms with Gasteiger partial charge in [0, 0.05) is 24.8 Å². The van der Waals surface area contributed by atoms with Gasteiger partial charge in [-0.1, -0.05) is 19.9 Å². The number of carbonyl (C=O) groups is 2. The molecule has 0 heterocycles. The summed E-state index contributed by atoms with van der Waals surface area (Å²) in [7, 11) is -3.57. The van der Waals surface area contributed by atoms with E-state index in [0.29, 0.717) is 18.8 Å². The van der Waals surface area contributed by atoms with Crippen molar-refractivity contribution in [3.05, 3.63) is 24.3 Å². The molecule has 8 nitrogen and oxygen atoms in total. The van der Waals surface area contributed by atoms with Gasteiger partial charge in [0.2, 0.25) is 15.9 Å². The van der Waals surface area contributed by atoms with E-state index < -0.39 is 22.0 Å². The lowest BCUT2D eigenvalue weighted by Gasteiger charge is -2.19. The van der Waals surface area contributed by atoms with Crippen LogP contribution in [0.25, 0.3) is 0 Å². The molecular weight excluding hydrogens is 344 g/mol. The SMILES string of the molecule is CCN(CC)S(=O)(=O)c1cccc(NCC(=O)NC(=O)NC(C)C)c1. The highest BCUT2D eigenvalue weighted by atomic mass is 32.2. The number of benzene rings is 1. The van der Waals surface area contributed by atoms with Crippen LogP contribution < -0.4 is 16.0 Å². The Morgan fingerprint density at radius 1 is 1.16 bits per heavy atom. The molecule has 3 amide bonds. The minimum absolute atomic E-state index is 0.0808. The summed E-state index contributed by atoms with van der Waals surface area (Å²) in [6.45, 7) is 7.72. The summed E-state index contributed by atoms with van der Waals surface area (Å²) in [5.41, 5.74) is 0.479. The molecule has 3 N–H and O–H groups in total. The number of carbonyl (C=O) groups excluding carboxylic acids is 2. The Balaban J connectivity index is 2.73. The lowest BCUT2D eigenvalue weighted by Crippen LogP contribution is -2.44. The van der Waals surface area contributed by atoms with Crippen LogP contribution in [0.4, 0.5) is 10.5 Å². The van der Waals surface area contributed by atoms with Crippen molar-refractivity contribution in [3.8, 4) is 0 Å². The summed E-state index contributed by atoms with van der Waals surface area (Å²) < 4.78 is 26.4. The molecule has 25 heavy (non-hydrogen) atoms. The number of sulfonamides is 1. The number of anilines is 1. The highest BCUT2D eigenvalue weighted by Gasteiger charge is 2.21. The molecule has 0 aliphatic heterocycles. The molecule has 1 aromatic carbocycles. The Hall–Kier alpha value is -2.13. The van der Waals surface area contributed by atoms with Crippen LogP contribution in [0, 0.1) is 0 Å². The topological polar surface area (TPSA) is 108 Å². The van der Waals surface area contributed by atoms with E-state index in [0.717, 1.165) is 0 Å². The van der Waals surface area contributed by atoms with Gasteiger partial charge in [0.15, 0.2) is 0 Å². The first-order chi connectivity index (χ1) is 11.7. The number of amides is 3. The molecule has 0 aliphatic carbocycles. The number of urea groups is 1. The number of hydrogen-bond acceptors (Lipinski definition) is 5. The standard InChI is InChI=1S/C16H26N4O4S/c1-5-20(6-2)25(23,24)14-9-7-8-13(10-14)17-11-15(21)19-16(22)18-12(3)4/h7-10,12,17H,5-6,11H2,1-4H3,(H2,18,19,21,22). The Kier molecular flexibility index (Phi) is 7.85. The van der Waals surface area contributed by atoms with E-state index in [1.807, 2.05) is 0 Å². The smallest absolute Gasteiger partial charge is 0.321 e. The zero-order valence-electron chi connectivity index (χ0n) is 15.0. The third-order valence-corrected chi connectivity index (χ3v) is 5.35. The van der Waals surface area contributed by atoms with Crippen molar-refractivity contribution in [3.63, 3.8) is 0 Å². The molecule has 0 aromatic heterocycles. The first-order valence-electron chi connectivity index (χ1n) is 8.15. The van der Waals surface area contributed by atoms with E-state index in [-0.39, 0.29) is 17.5 Å². The minimum atomic E-state index is -3.57. The van der Waals surface area contributed by atoms with Gasteiger partial charge in [0.1, 0.15) is 0 Å². The average molecular weight is 370 g/mol. The Morgan fingerprint density at radius 2 is 1.80 bits per heavy atom. The highest BCUT2D eigenvalue weighted by molar-refractivity contribution is 7.89. The van der Waals surface area contributed by atoms with Gasteiger partial charge in [-0.05, 0) is 32.0 Å². The predicted molar refractivity (Wildman–Crippen MR) is 96.8 cm³/mol. The Morgan fingerprint density at radius 3 is 2.36 bits per heavy atom. The molecular formula is C16H26N4O4S. The van der Waals surface area contributed by atoms with E-state index in [1.165, 1.54) is 16.4 Å². The number of hydrogen-bond donors (Lipinski definition) is 3. The maximum Gasteiger partial charge on any atom is 0.321 e. The van der Waals surface area contributed by atoms with Gasteiger partial charge in [-0.25, -0.2) is 13.2 Å². The lowest BCUT2D eigenvalue weighted by molar-refractivity contribution is -0.118. The molecule has 0 spiro atoms. The normalized spacial score (nSPS) is 11.4. The third-order valence-electron chi connectivity index (χ3n) is 3.30. The zero-order chi connectivity index (χ0) is 19.0. The summed E-state index contributed by atoms with van der Waals surface area (Å²) in [6.07, 6.45) is 0. The second kappa shape index (κ2) is 9.38. The van der Waals surface area contributed by atoms with Crippen molar-refractivity contribution in [2.75, 3.05) is 25.0 Å². The van der Waals surface area contributed by atoms with Crippen LogP contribution in [0.5, 0.6) is 0 Å². The Labute approximate surface area is 149 Å². The van der Waals surface area contributed by atoms with Gasteiger partial charge in [-0.15, -0.1) is 0 Å². The number of nitrogens with one attached hydrogen (secondary N) is 3. The summed E-state index contributed by atoms with van der Waals surface area (Å²) in [4.78, 5) is 23.3. The second-order valence-electron chi connectivity index (χ2n) is 5.65. The van der Waals surface area contributed by atoms with Crippen molar-refractivity contribution >= 4 is 27.6 Å². The van der Waals surface area contributed by atoms with Crippen molar-refractivity contribution < 1.29 is 18.0 Å². The Bertz CT molecular complexity index is 700. The van der Waals surface area contributed by atoms with Crippen molar-refractivity contribution in [1.29, 1.82) is 0 Å². The monoisotopic (exact) mass is 370 g/mol. The maximum atomic E-state index is 12.5. The van der Waals surface area contributed by atoms with E-state index in [4.69, 9.17) is 0 Å². The molecule has 0 unspecified atom stereocenters. The minimum Gasteiger partial charge on any atom is -0.376 e. The summed E-state index contributed by atoms with van der Waals surface area (Å²) in [6, 6.07) is 5.58. The maximum absolute atomic E-state index is 12.5. The van der Waals surface area contributed by atoms with Crippen LogP contribution in [0.3, 0.4) is 0 Å². The zero-order valence-corrected chi connectivity index (χ0v) is 15.8. The molecule has 0 bridgehead atoms.